The highest BCUT2D eigenvalue weighted by Crippen LogP contribution is 2.21. The largest absolute Gasteiger partial charge is 0.273 e. The SMILES string of the molecule is CCc1ccc(CCC(=O)NNC(=O)CC2CCS(=O)(=O)C2)cc1. The molecular weight excluding hydrogens is 328 g/mol. The third-order valence-corrected chi connectivity index (χ3v) is 6.05. The molecule has 132 valence electrons. The standard InChI is InChI=1S/C17H24N2O4S/c1-2-13-3-5-14(6-4-13)7-8-16(20)18-19-17(21)11-15-9-10-24(22,23)12-15/h3-6,15H,2,7-12H2,1H3,(H,18,20)(H,19,21). The highest BCUT2D eigenvalue weighted by Gasteiger charge is 2.29. The van der Waals surface area contributed by atoms with Crippen molar-refractivity contribution in [2.75, 3.05) is 11.5 Å². The summed E-state index contributed by atoms with van der Waals surface area (Å²) in [6.45, 7) is 2.09. The van der Waals surface area contributed by atoms with Crippen molar-refractivity contribution in [3.05, 3.63) is 35.4 Å². The van der Waals surface area contributed by atoms with Crippen LogP contribution in [0.3, 0.4) is 0 Å². The van der Waals surface area contributed by atoms with E-state index in [2.05, 4.69) is 17.8 Å². The number of nitrogens with one attached hydrogen (secondary N) is 2. The zero-order valence-corrected chi connectivity index (χ0v) is 14.7. The smallest absolute Gasteiger partial charge is 0.238 e. The molecule has 1 saturated heterocycles. The van der Waals surface area contributed by atoms with Gasteiger partial charge in [0, 0.05) is 12.8 Å². The quantitative estimate of drug-likeness (QED) is 0.751. The van der Waals surface area contributed by atoms with E-state index in [1.807, 2.05) is 24.3 Å². The Kier molecular flexibility index (Phi) is 6.36. The molecule has 1 heterocycles. The lowest BCUT2D eigenvalue weighted by Crippen LogP contribution is -2.42. The normalized spacial score (nSPS) is 19.0. The highest BCUT2D eigenvalue weighted by molar-refractivity contribution is 7.91. The molecule has 0 radical (unpaired) electrons. The van der Waals surface area contributed by atoms with Crippen molar-refractivity contribution in [1.82, 2.24) is 10.9 Å². The lowest BCUT2D eigenvalue weighted by Gasteiger charge is -2.10. The third-order valence-electron chi connectivity index (χ3n) is 4.21. The van der Waals surface area contributed by atoms with Gasteiger partial charge in [-0.3, -0.25) is 20.4 Å². The van der Waals surface area contributed by atoms with Crippen LogP contribution >= 0.6 is 0 Å². The molecule has 0 bridgehead atoms. The van der Waals surface area contributed by atoms with Crippen LogP contribution in [0.4, 0.5) is 0 Å². The van der Waals surface area contributed by atoms with Gasteiger partial charge >= 0.3 is 0 Å². The van der Waals surface area contributed by atoms with Crippen molar-refractivity contribution < 1.29 is 18.0 Å². The van der Waals surface area contributed by atoms with Crippen molar-refractivity contribution in [3.8, 4) is 0 Å². The average Bonchev–Trinajstić information content (AvgIpc) is 2.90. The Bertz CT molecular complexity index is 683. The lowest BCUT2D eigenvalue weighted by molar-refractivity contribution is -0.129. The molecule has 0 spiro atoms. The molecule has 1 aromatic rings. The first-order valence-electron chi connectivity index (χ1n) is 8.24. The van der Waals surface area contributed by atoms with Crippen molar-refractivity contribution in [2.45, 2.75) is 39.0 Å². The molecule has 1 aliphatic rings. The summed E-state index contributed by atoms with van der Waals surface area (Å²) >= 11 is 0. The first kappa shape index (κ1) is 18.4. The van der Waals surface area contributed by atoms with Gasteiger partial charge in [-0.1, -0.05) is 31.2 Å². The first-order valence-corrected chi connectivity index (χ1v) is 10.1. The van der Waals surface area contributed by atoms with E-state index in [1.165, 1.54) is 5.56 Å². The van der Waals surface area contributed by atoms with E-state index in [0.717, 1.165) is 12.0 Å². The maximum absolute atomic E-state index is 11.8. The monoisotopic (exact) mass is 352 g/mol. The Morgan fingerprint density at radius 1 is 1.08 bits per heavy atom. The maximum atomic E-state index is 11.8. The zero-order valence-electron chi connectivity index (χ0n) is 13.9. The van der Waals surface area contributed by atoms with Crippen LogP contribution in [0.15, 0.2) is 24.3 Å². The van der Waals surface area contributed by atoms with Crippen LogP contribution in [-0.2, 0) is 32.3 Å². The number of carbonyl (C=O) groups is 2. The van der Waals surface area contributed by atoms with Crippen LogP contribution in [0.5, 0.6) is 0 Å². The fraction of sp³-hybridized carbons (Fsp3) is 0.529. The number of rotatable bonds is 6. The van der Waals surface area contributed by atoms with Crippen molar-refractivity contribution in [1.29, 1.82) is 0 Å². The van der Waals surface area contributed by atoms with Crippen LogP contribution < -0.4 is 10.9 Å². The summed E-state index contributed by atoms with van der Waals surface area (Å²) in [5.41, 5.74) is 7.07. The molecule has 6 nitrogen and oxygen atoms in total. The van der Waals surface area contributed by atoms with E-state index in [4.69, 9.17) is 0 Å². The number of aryl methyl sites for hydroxylation is 2. The minimum Gasteiger partial charge on any atom is -0.273 e. The van der Waals surface area contributed by atoms with Crippen LogP contribution in [0.25, 0.3) is 0 Å². The van der Waals surface area contributed by atoms with Crippen molar-refractivity contribution >= 4 is 21.7 Å². The topological polar surface area (TPSA) is 92.3 Å². The molecule has 24 heavy (non-hydrogen) atoms. The van der Waals surface area contributed by atoms with Crippen molar-refractivity contribution in [3.63, 3.8) is 0 Å². The second kappa shape index (κ2) is 8.28. The molecule has 1 atom stereocenters. The highest BCUT2D eigenvalue weighted by atomic mass is 32.2. The maximum Gasteiger partial charge on any atom is 0.238 e. The summed E-state index contributed by atoms with van der Waals surface area (Å²) in [6.07, 6.45) is 2.50. The molecule has 1 unspecified atom stereocenters. The molecule has 0 aromatic heterocycles. The van der Waals surface area contributed by atoms with Gasteiger partial charge in [-0.15, -0.1) is 0 Å². The third kappa shape index (κ3) is 5.96. The van der Waals surface area contributed by atoms with Gasteiger partial charge in [0.25, 0.3) is 0 Å². The van der Waals surface area contributed by atoms with Gasteiger partial charge in [0.2, 0.25) is 11.8 Å². The van der Waals surface area contributed by atoms with E-state index in [9.17, 15) is 18.0 Å². The van der Waals surface area contributed by atoms with Gasteiger partial charge in [0.15, 0.2) is 9.84 Å². The predicted octanol–water partition coefficient (Wildman–Crippen LogP) is 1.15. The molecule has 0 aliphatic carbocycles. The summed E-state index contributed by atoms with van der Waals surface area (Å²) in [5, 5.41) is 0. The average molecular weight is 352 g/mol. The Balaban J connectivity index is 1.66. The zero-order chi connectivity index (χ0) is 17.6. The van der Waals surface area contributed by atoms with E-state index in [0.29, 0.717) is 12.8 Å². The number of hydrazine groups is 1. The van der Waals surface area contributed by atoms with Crippen LogP contribution in [0.2, 0.25) is 0 Å². The minimum atomic E-state index is -2.98. The Labute approximate surface area is 142 Å². The van der Waals surface area contributed by atoms with Gasteiger partial charge < -0.3 is 0 Å². The first-order chi connectivity index (χ1) is 11.4. The Morgan fingerprint density at radius 3 is 2.29 bits per heavy atom. The summed E-state index contributed by atoms with van der Waals surface area (Å²) in [5.74, 6) is -0.556. The second-order valence-electron chi connectivity index (χ2n) is 6.24. The molecule has 2 amide bonds. The molecular formula is C17H24N2O4S. The van der Waals surface area contributed by atoms with E-state index in [-0.39, 0.29) is 42.1 Å². The number of amides is 2. The van der Waals surface area contributed by atoms with E-state index in [1.54, 1.807) is 0 Å². The van der Waals surface area contributed by atoms with E-state index < -0.39 is 9.84 Å². The fourth-order valence-corrected chi connectivity index (χ4v) is 4.61. The second-order valence-corrected chi connectivity index (χ2v) is 8.47. The summed E-state index contributed by atoms with van der Waals surface area (Å²) in [4.78, 5) is 23.5. The van der Waals surface area contributed by atoms with Crippen LogP contribution in [0.1, 0.15) is 37.3 Å². The molecule has 1 aliphatic heterocycles. The number of benzene rings is 1. The molecule has 7 heteroatoms. The molecule has 2 rings (SSSR count). The van der Waals surface area contributed by atoms with Gasteiger partial charge in [-0.25, -0.2) is 8.42 Å². The summed E-state index contributed by atoms with van der Waals surface area (Å²) in [6, 6.07) is 8.10. The predicted molar refractivity (Wildman–Crippen MR) is 91.8 cm³/mol. The number of sulfone groups is 1. The summed E-state index contributed by atoms with van der Waals surface area (Å²) < 4.78 is 22.7. The Morgan fingerprint density at radius 2 is 1.71 bits per heavy atom. The molecule has 1 fully saturated rings. The molecule has 0 saturated carbocycles. The van der Waals surface area contributed by atoms with E-state index >= 15 is 0 Å². The molecule has 1 aromatic carbocycles. The van der Waals surface area contributed by atoms with Gasteiger partial charge in [0.05, 0.1) is 11.5 Å². The number of hydrogen-bond donors (Lipinski definition) is 2. The lowest BCUT2D eigenvalue weighted by atomic mass is 10.1. The van der Waals surface area contributed by atoms with Crippen LogP contribution in [-0.4, -0.2) is 31.7 Å². The fourth-order valence-electron chi connectivity index (χ4n) is 2.75. The van der Waals surface area contributed by atoms with Crippen LogP contribution in [0, 0.1) is 5.92 Å². The summed E-state index contributed by atoms with van der Waals surface area (Å²) in [7, 11) is -2.98. The van der Waals surface area contributed by atoms with Crippen molar-refractivity contribution in [2.24, 2.45) is 5.92 Å². The number of hydrogen-bond acceptors (Lipinski definition) is 4. The molecule has 2 N–H and O–H groups in total. The van der Waals surface area contributed by atoms with Gasteiger partial charge in [-0.05, 0) is 36.3 Å². The van der Waals surface area contributed by atoms with Gasteiger partial charge in [-0.2, -0.15) is 0 Å². The van der Waals surface area contributed by atoms with Gasteiger partial charge in [0.1, 0.15) is 0 Å². The number of carbonyl (C=O) groups excluding carboxylic acids is 2. The Hall–Kier alpha value is -1.89. The minimum absolute atomic E-state index is 0.0577.